The fraction of sp³-hybridized carbons (Fsp3) is 0.611. The fourth-order valence-electron chi connectivity index (χ4n) is 3.94. The minimum absolute atomic E-state index is 0.112. The highest BCUT2D eigenvalue weighted by Crippen LogP contribution is 2.34. The number of ether oxygens (including phenoxy) is 2. The van der Waals surface area contributed by atoms with Crippen molar-refractivity contribution >= 4 is 5.78 Å². The van der Waals surface area contributed by atoms with Crippen LogP contribution in [0.3, 0.4) is 0 Å². The number of likely N-dealkylation sites (N-methyl/N-ethyl adjacent to an activating group) is 1. The van der Waals surface area contributed by atoms with Gasteiger partial charge in [-0.1, -0.05) is 0 Å². The number of Topliss-reactive ketones (excluding diaryl/α,β-unsaturated/α-hetero) is 1. The molecule has 4 nitrogen and oxygen atoms in total. The zero-order valence-electron chi connectivity index (χ0n) is 13.9. The van der Waals surface area contributed by atoms with Crippen LogP contribution in [0.4, 0.5) is 0 Å². The first-order valence-corrected chi connectivity index (χ1v) is 8.00. The number of methoxy groups -OCH3 is 1. The summed E-state index contributed by atoms with van der Waals surface area (Å²) in [7, 11) is 3.82. The van der Waals surface area contributed by atoms with Crippen molar-refractivity contribution in [1.82, 2.24) is 4.90 Å². The Kier molecular flexibility index (Phi) is 4.24. The fourth-order valence-corrected chi connectivity index (χ4v) is 3.94. The zero-order chi connectivity index (χ0) is 15.9. The molecule has 2 bridgehead atoms. The lowest BCUT2D eigenvalue weighted by atomic mass is 9.79. The molecule has 1 aromatic carbocycles. The first kappa shape index (κ1) is 15.5. The van der Waals surface area contributed by atoms with Crippen molar-refractivity contribution in [3.8, 4) is 5.75 Å². The summed E-state index contributed by atoms with van der Waals surface area (Å²) in [6.07, 6.45) is 1.80. The van der Waals surface area contributed by atoms with E-state index >= 15 is 0 Å². The van der Waals surface area contributed by atoms with Gasteiger partial charge in [-0.3, -0.25) is 9.69 Å². The van der Waals surface area contributed by atoms with Crippen LogP contribution in [0.15, 0.2) is 12.1 Å². The number of carbonyl (C=O) groups excluding carboxylic acids is 1. The maximum absolute atomic E-state index is 13.1. The van der Waals surface area contributed by atoms with Crippen LogP contribution in [0.5, 0.6) is 5.75 Å². The molecule has 0 aliphatic carbocycles. The summed E-state index contributed by atoms with van der Waals surface area (Å²) < 4.78 is 10.9. The third kappa shape index (κ3) is 2.66. The van der Waals surface area contributed by atoms with E-state index in [0.717, 1.165) is 48.5 Å². The number of benzene rings is 1. The Morgan fingerprint density at radius 2 is 1.73 bits per heavy atom. The first-order valence-electron chi connectivity index (χ1n) is 8.00. The van der Waals surface area contributed by atoms with Gasteiger partial charge in [-0.25, -0.2) is 0 Å². The standard InChI is InChI=1S/C18H25NO3/c1-11-5-16(21-4)6-12(2)17(11)18(20)13-7-14-9-22-10-15(8-13)19(14)3/h5-6,13-15H,7-10H2,1-4H3. The molecule has 2 heterocycles. The van der Waals surface area contributed by atoms with Crippen LogP contribution in [0.2, 0.25) is 0 Å². The zero-order valence-corrected chi connectivity index (χ0v) is 13.9. The van der Waals surface area contributed by atoms with Crippen molar-refractivity contribution in [1.29, 1.82) is 0 Å². The second-order valence-corrected chi connectivity index (χ2v) is 6.68. The number of fused-ring (bicyclic) bond motifs is 2. The average Bonchev–Trinajstić information content (AvgIpc) is 2.45. The van der Waals surface area contributed by atoms with Crippen LogP contribution in [-0.4, -0.2) is 50.1 Å². The Hall–Kier alpha value is -1.39. The lowest BCUT2D eigenvalue weighted by molar-refractivity contribution is -0.0702. The second kappa shape index (κ2) is 6.01. The van der Waals surface area contributed by atoms with Gasteiger partial charge in [-0.05, 0) is 57.0 Å². The average molecular weight is 303 g/mol. The number of piperidine rings is 1. The van der Waals surface area contributed by atoms with Gasteiger partial charge in [0.15, 0.2) is 5.78 Å². The number of aryl methyl sites for hydroxylation is 2. The number of rotatable bonds is 3. The lowest BCUT2D eigenvalue weighted by Gasteiger charge is -2.46. The van der Waals surface area contributed by atoms with Crippen molar-refractivity contribution in [2.45, 2.75) is 38.8 Å². The Bertz CT molecular complexity index is 547. The molecular formula is C18H25NO3. The van der Waals surface area contributed by atoms with Crippen LogP contribution in [0.25, 0.3) is 0 Å². The van der Waals surface area contributed by atoms with Gasteiger partial charge in [0.1, 0.15) is 5.75 Å². The van der Waals surface area contributed by atoms with E-state index in [2.05, 4.69) is 11.9 Å². The molecule has 2 aliphatic heterocycles. The van der Waals surface area contributed by atoms with Gasteiger partial charge in [0.05, 0.1) is 20.3 Å². The van der Waals surface area contributed by atoms with Crippen LogP contribution in [0, 0.1) is 19.8 Å². The molecule has 2 unspecified atom stereocenters. The topological polar surface area (TPSA) is 38.8 Å². The Balaban J connectivity index is 1.86. The predicted molar refractivity (Wildman–Crippen MR) is 85.7 cm³/mol. The second-order valence-electron chi connectivity index (χ2n) is 6.68. The molecule has 22 heavy (non-hydrogen) atoms. The smallest absolute Gasteiger partial charge is 0.166 e. The van der Waals surface area contributed by atoms with Crippen molar-refractivity contribution in [3.05, 3.63) is 28.8 Å². The molecule has 0 radical (unpaired) electrons. The van der Waals surface area contributed by atoms with E-state index in [9.17, 15) is 4.79 Å². The third-order valence-electron chi connectivity index (χ3n) is 5.24. The summed E-state index contributed by atoms with van der Waals surface area (Å²) in [5, 5.41) is 0. The molecule has 2 atom stereocenters. The number of nitrogens with zero attached hydrogens (tertiary/aromatic N) is 1. The molecule has 2 aliphatic rings. The van der Waals surface area contributed by atoms with Crippen LogP contribution in [-0.2, 0) is 4.74 Å². The van der Waals surface area contributed by atoms with Crippen molar-refractivity contribution < 1.29 is 14.3 Å². The molecule has 2 saturated heterocycles. The summed E-state index contributed by atoms with van der Waals surface area (Å²) in [6.45, 7) is 5.50. The lowest BCUT2D eigenvalue weighted by Crippen LogP contribution is -2.55. The Labute approximate surface area is 132 Å². The minimum Gasteiger partial charge on any atom is -0.497 e. The maximum atomic E-state index is 13.1. The van der Waals surface area contributed by atoms with Crippen LogP contribution in [0.1, 0.15) is 34.3 Å². The minimum atomic E-state index is 0.112. The summed E-state index contributed by atoms with van der Waals surface area (Å²) in [5.74, 6) is 1.23. The molecule has 3 rings (SSSR count). The highest BCUT2D eigenvalue weighted by atomic mass is 16.5. The van der Waals surface area contributed by atoms with E-state index in [4.69, 9.17) is 9.47 Å². The summed E-state index contributed by atoms with van der Waals surface area (Å²) in [4.78, 5) is 15.5. The number of morpholine rings is 1. The van der Waals surface area contributed by atoms with Gasteiger partial charge >= 0.3 is 0 Å². The first-order chi connectivity index (χ1) is 10.5. The number of carbonyl (C=O) groups is 1. The molecule has 2 fully saturated rings. The summed E-state index contributed by atoms with van der Waals surface area (Å²) >= 11 is 0. The van der Waals surface area contributed by atoms with E-state index in [1.54, 1.807) is 7.11 Å². The molecule has 0 aromatic heterocycles. The van der Waals surface area contributed by atoms with Crippen molar-refractivity contribution in [2.24, 2.45) is 5.92 Å². The molecule has 0 amide bonds. The van der Waals surface area contributed by atoms with Gasteiger partial charge < -0.3 is 9.47 Å². The van der Waals surface area contributed by atoms with Crippen molar-refractivity contribution in [2.75, 3.05) is 27.4 Å². The molecular weight excluding hydrogens is 278 g/mol. The number of hydrogen-bond acceptors (Lipinski definition) is 4. The number of ketones is 1. The molecule has 0 spiro atoms. The van der Waals surface area contributed by atoms with Gasteiger partial charge in [-0.15, -0.1) is 0 Å². The monoisotopic (exact) mass is 303 g/mol. The predicted octanol–water partition coefficient (Wildman–Crippen LogP) is 2.60. The van der Waals surface area contributed by atoms with E-state index in [1.165, 1.54) is 0 Å². The molecule has 0 saturated carbocycles. The molecule has 0 N–H and O–H groups in total. The number of hydrogen-bond donors (Lipinski definition) is 0. The SMILES string of the molecule is COc1cc(C)c(C(=O)C2CC3COCC(C2)N3C)c(C)c1. The molecule has 4 heteroatoms. The van der Waals surface area contributed by atoms with E-state index in [1.807, 2.05) is 26.0 Å². The molecule has 120 valence electrons. The van der Waals surface area contributed by atoms with Gasteiger partial charge in [0.25, 0.3) is 0 Å². The van der Waals surface area contributed by atoms with Crippen LogP contribution >= 0.6 is 0 Å². The maximum Gasteiger partial charge on any atom is 0.166 e. The highest BCUT2D eigenvalue weighted by molar-refractivity contribution is 6.00. The Morgan fingerprint density at radius 1 is 1.18 bits per heavy atom. The van der Waals surface area contributed by atoms with Crippen LogP contribution < -0.4 is 4.74 Å². The van der Waals surface area contributed by atoms with E-state index in [0.29, 0.717) is 17.9 Å². The van der Waals surface area contributed by atoms with Gasteiger partial charge in [0, 0.05) is 23.6 Å². The summed E-state index contributed by atoms with van der Waals surface area (Å²) in [6, 6.07) is 4.67. The highest BCUT2D eigenvalue weighted by Gasteiger charge is 2.40. The normalized spacial score (nSPS) is 28.5. The van der Waals surface area contributed by atoms with E-state index < -0.39 is 0 Å². The Morgan fingerprint density at radius 3 is 2.23 bits per heavy atom. The quantitative estimate of drug-likeness (QED) is 0.805. The third-order valence-corrected chi connectivity index (χ3v) is 5.24. The van der Waals surface area contributed by atoms with E-state index in [-0.39, 0.29) is 5.92 Å². The van der Waals surface area contributed by atoms with Gasteiger partial charge in [0.2, 0.25) is 0 Å². The van der Waals surface area contributed by atoms with Crippen molar-refractivity contribution in [3.63, 3.8) is 0 Å². The summed E-state index contributed by atoms with van der Waals surface area (Å²) in [5.41, 5.74) is 2.92. The van der Waals surface area contributed by atoms with Gasteiger partial charge in [-0.2, -0.15) is 0 Å². The molecule has 1 aromatic rings. The largest absolute Gasteiger partial charge is 0.497 e.